The van der Waals surface area contributed by atoms with E-state index in [9.17, 15) is 9.59 Å². The molecule has 0 spiro atoms. The minimum Gasteiger partial charge on any atom is -0.481 e. The van der Waals surface area contributed by atoms with E-state index in [0.29, 0.717) is 19.4 Å². The Balaban J connectivity index is 1.85. The summed E-state index contributed by atoms with van der Waals surface area (Å²) in [5, 5.41) is 12.0. The summed E-state index contributed by atoms with van der Waals surface area (Å²) in [4.78, 5) is 24.9. The van der Waals surface area contributed by atoms with Crippen molar-refractivity contribution in [2.75, 3.05) is 7.05 Å². The number of aryl methyl sites for hydroxylation is 1. The molecular formula is C17H23BrN2O3. The van der Waals surface area contributed by atoms with Crippen molar-refractivity contribution < 1.29 is 14.7 Å². The monoisotopic (exact) mass is 382 g/mol. The van der Waals surface area contributed by atoms with E-state index in [1.165, 1.54) is 0 Å². The van der Waals surface area contributed by atoms with Gasteiger partial charge in [-0.05, 0) is 55.9 Å². The van der Waals surface area contributed by atoms with Crippen LogP contribution in [-0.2, 0) is 11.3 Å². The van der Waals surface area contributed by atoms with Gasteiger partial charge in [0.1, 0.15) is 0 Å². The zero-order valence-electron chi connectivity index (χ0n) is 13.5. The predicted molar refractivity (Wildman–Crippen MR) is 92.3 cm³/mol. The SMILES string of the molecule is Cc1cc(Br)ccc1CN(C)C(=O)NC1CCC(C(=O)O)CC1. The van der Waals surface area contributed by atoms with Gasteiger partial charge in [-0.15, -0.1) is 0 Å². The highest BCUT2D eigenvalue weighted by molar-refractivity contribution is 9.10. The Hall–Kier alpha value is -1.56. The number of carbonyl (C=O) groups excluding carboxylic acids is 1. The van der Waals surface area contributed by atoms with Gasteiger partial charge in [0.2, 0.25) is 0 Å². The first-order chi connectivity index (χ1) is 10.9. The Labute approximate surface area is 145 Å². The lowest BCUT2D eigenvalue weighted by Gasteiger charge is -2.29. The number of carboxylic acid groups (broad SMARTS) is 1. The highest BCUT2D eigenvalue weighted by Crippen LogP contribution is 2.24. The van der Waals surface area contributed by atoms with Crippen LogP contribution in [0.5, 0.6) is 0 Å². The van der Waals surface area contributed by atoms with E-state index < -0.39 is 5.97 Å². The normalized spacial score (nSPS) is 20.8. The zero-order chi connectivity index (χ0) is 17.0. The molecule has 126 valence electrons. The van der Waals surface area contributed by atoms with E-state index >= 15 is 0 Å². The fourth-order valence-electron chi connectivity index (χ4n) is 2.93. The summed E-state index contributed by atoms with van der Waals surface area (Å²) in [6, 6.07) is 5.99. The Morgan fingerprint density at radius 1 is 1.30 bits per heavy atom. The predicted octanol–water partition coefficient (Wildman–Crippen LogP) is 3.54. The van der Waals surface area contributed by atoms with Gasteiger partial charge < -0.3 is 15.3 Å². The summed E-state index contributed by atoms with van der Waals surface area (Å²) in [5.41, 5.74) is 2.25. The molecule has 6 heteroatoms. The van der Waals surface area contributed by atoms with E-state index in [0.717, 1.165) is 28.4 Å². The van der Waals surface area contributed by atoms with Crippen molar-refractivity contribution in [1.29, 1.82) is 0 Å². The van der Waals surface area contributed by atoms with E-state index in [1.807, 2.05) is 25.1 Å². The van der Waals surface area contributed by atoms with Crippen LogP contribution < -0.4 is 5.32 Å². The fraction of sp³-hybridized carbons (Fsp3) is 0.529. The van der Waals surface area contributed by atoms with Crippen LogP contribution in [0.25, 0.3) is 0 Å². The van der Waals surface area contributed by atoms with E-state index in [4.69, 9.17) is 5.11 Å². The molecule has 0 unspecified atom stereocenters. The van der Waals surface area contributed by atoms with Crippen molar-refractivity contribution in [1.82, 2.24) is 10.2 Å². The summed E-state index contributed by atoms with van der Waals surface area (Å²) in [7, 11) is 1.78. The molecule has 0 atom stereocenters. The molecule has 0 aromatic heterocycles. The quantitative estimate of drug-likeness (QED) is 0.836. The minimum atomic E-state index is -0.724. The molecule has 2 amide bonds. The third kappa shape index (κ3) is 4.96. The molecule has 1 aromatic rings. The third-order valence-electron chi connectivity index (χ3n) is 4.46. The molecule has 2 N–H and O–H groups in total. The van der Waals surface area contributed by atoms with Crippen LogP contribution >= 0.6 is 15.9 Å². The van der Waals surface area contributed by atoms with Gasteiger partial charge in [-0.3, -0.25) is 4.79 Å². The average molecular weight is 383 g/mol. The molecule has 0 saturated heterocycles. The van der Waals surface area contributed by atoms with Gasteiger partial charge in [0, 0.05) is 24.1 Å². The van der Waals surface area contributed by atoms with Crippen LogP contribution in [0.2, 0.25) is 0 Å². The van der Waals surface area contributed by atoms with Gasteiger partial charge in [-0.25, -0.2) is 4.79 Å². The van der Waals surface area contributed by atoms with Crippen LogP contribution in [-0.4, -0.2) is 35.1 Å². The van der Waals surface area contributed by atoms with Crippen molar-refractivity contribution >= 4 is 27.9 Å². The maximum Gasteiger partial charge on any atom is 0.317 e. The Kier molecular flexibility index (Phi) is 6.04. The first kappa shape index (κ1) is 17.8. The number of amides is 2. The van der Waals surface area contributed by atoms with Crippen molar-refractivity contribution in [3.63, 3.8) is 0 Å². The fourth-order valence-corrected chi connectivity index (χ4v) is 3.41. The molecular weight excluding hydrogens is 360 g/mol. The number of aliphatic carboxylic acids is 1. The molecule has 1 aliphatic rings. The van der Waals surface area contributed by atoms with Gasteiger partial charge in [-0.1, -0.05) is 22.0 Å². The summed E-state index contributed by atoms with van der Waals surface area (Å²) in [6.07, 6.45) is 2.73. The smallest absolute Gasteiger partial charge is 0.317 e. The second-order valence-electron chi connectivity index (χ2n) is 6.26. The van der Waals surface area contributed by atoms with Gasteiger partial charge in [0.25, 0.3) is 0 Å². The number of nitrogens with zero attached hydrogens (tertiary/aromatic N) is 1. The maximum absolute atomic E-state index is 12.3. The first-order valence-electron chi connectivity index (χ1n) is 7.86. The van der Waals surface area contributed by atoms with Gasteiger partial charge in [0.05, 0.1) is 5.92 Å². The molecule has 0 aliphatic heterocycles. The first-order valence-corrected chi connectivity index (χ1v) is 8.65. The van der Waals surface area contributed by atoms with Crippen LogP contribution in [0.1, 0.15) is 36.8 Å². The third-order valence-corrected chi connectivity index (χ3v) is 4.96. The number of halogens is 1. The van der Waals surface area contributed by atoms with Gasteiger partial charge in [-0.2, -0.15) is 0 Å². The van der Waals surface area contributed by atoms with Crippen molar-refractivity contribution in [2.45, 2.75) is 45.2 Å². The van der Waals surface area contributed by atoms with Crippen LogP contribution in [0.15, 0.2) is 22.7 Å². The molecule has 1 aromatic carbocycles. The van der Waals surface area contributed by atoms with Gasteiger partial charge >= 0.3 is 12.0 Å². The Bertz CT molecular complexity index is 583. The Morgan fingerprint density at radius 2 is 1.96 bits per heavy atom. The Morgan fingerprint density at radius 3 is 2.52 bits per heavy atom. The molecule has 0 radical (unpaired) electrons. The zero-order valence-corrected chi connectivity index (χ0v) is 15.1. The number of rotatable bonds is 4. The van der Waals surface area contributed by atoms with Crippen molar-refractivity contribution in [2.24, 2.45) is 5.92 Å². The molecule has 5 nitrogen and oxygen atoms in total. The number of carbonyl (C=O) groups is 2. The number of hydrogen-bond acceptors (Lipinski definition) is 2. The maximum atomic E-state index is 12.3. The molecule has 1 saturated carbocycles. The average Bonchev–Trinajstić information content (AvgIpc) is 2.50. The van der Waals surface area contributed by atoms with Crippen LogP contribution in [0.4, 0.5) is 4.79 Å². The van der Waals surface area contributed by atoms with Crippen molar-refractivity contribution in [3.8, 4) is 0 Å². The number of nitrogens with one attached hydrogen (secondary N) is 1. The molecule has 0 bridgehead atoms. The van der Waals surface area contributed by atoms with E-state index in [2.05, 4.69) is 21.2 Å². The largest absolute Gasteiger partial charge is 0.481 e. The van der Waals surface area contributed by atoms with E-state index in [1.54, 1.807) is 11.9 Å². The molecule has 2 rings (SSSR count). The van der Waals surface area contributed by atoms with Crippen LogP contribution in [0, 0.1) is 12.8 Å². The second-order valence-corrected chi connectivity index (χ2v) is 7.18. The standard InChI is InChI=1S/C17H23BrN2O3/c1-11-9-14(18)6-3-13(11)10-20(2)17(23)19-15-7-4-12(5-8-15)16(21)22/h3,6,9,12,15H,4-5,7-8,10H2,1-2H3,(H,19,23)(H,21,22). The van der Waals surface area contributed by atoms with Crippen LogP contribution in [0.3, 0.4) is 0 Å². The second kappa shape index (κ2) is 7.81. The number of carboxylic acids is 1. The molecule has 0 heterocycles. The summed E-state index contributed by atoms with van der Waals surface area (Å²) in [6.45, 7) is 2.58. The van der Waals surface area contributed by atoms with Crippen molar-refractivity contribution in [3.05, 3.63) is 33.8 Å². The summed E-state index contributed by atoms with van der Waals surface area (Å²) >= 11 is 3.44. The highest BCUT2D eigenvalue weighted by Gasteiger charge is 2.27. The minimum absolute atomic E-state index is 0.0755. The summed E-state index contributed by atoms with van der Waals surface area (Å²) < 4.78 is 1.03. The molecule has 1 fully saturated rings. The summed E-state index contributed by atoms with van der Waals surface area (Å²) in [5.74, 6) is -0.982. The lowest BCUT2D eigenvalue weighted by molar-refractivity contribution is -0.142. The number of benzene rings is 1. The molecule has 23 heavy (non-hydrogen) atoms. The number of urea groups is 1. The lowest BCUT2D eigenvalue weighted by atomic mass is 9.86. The topological polar surface area (TPSA) is 69.6 Å². The highest BCUT2D eigenvalue weighted by atomic mass is 79.9. The lowest BCUT2D eigenvalue weighted by Crippen LogP contribution is -2.44. The van der Waals surface area contributed by atoms with Gasteiger partial charge in [0.15, 0.2) is 0 Å². The number of hydrogen-bond donors (Lipinski definition) is 2. The molecule has 1 aliphatic carbocycles. The van der Waals surface area contributed by atoms with E-state index in [-0.39, 0.29) is 18.0 Å².